The number of nitrogens with zero attached hydrogens (tertiary/aromatic N) is 2. The van der Waals surface area contributed by atoms with Gasteiger partial charge < -0.3 is 25.0 Å². The van der Waals surface area contributed by atoms with Gasteiger partial charge in [0.15, 0.2) is 0 Å². The Bertz CT molecular complexity index is 810. The highest BCUT2D eigenvalue weighted by molar-refractivity contribution is 5.90. The second kappa shape index (κ2) is 8.39. The number of urea groups is 1. The highest BCUT2D eigenvalue weighted by atomic mass is 16.5. The number of methoxy groups -OCH3 is 1. The third-order valence-corrected chi connectivity index (χ3v) is 4.22. The minimum Gasteiger partial charge on any atom is -0.497 e. The highest BCUT2D eigenvalue weighted by Crippen LogP contribution is 2.24. The van der Waals surface area contributed by atoms with E-state index in [9.17, 15) is 9.59 Å². The fourth-order valence-corrected chi connectivity index (χ4v) is 2.70. The van der Waals surface area contributed by atoms with E-state index in [0.29, 0.717) is 42.6 Å². The molecule has 0 radical (unpaired) electrons. The van der Waals surface area contributed by atoms with Crippen LogP contribution in [0.15, 0.2) is 42.6 Å². The van der Waals surface area contributed by atoms with E-state index in [1.807, 2.05) is 19.1 Å². The lowest BCUT2D eigenvalue weighted by molar-refractivity contribution is -0.120. The normalized spacial score (nSPS) is 16.9. The van der Waals surface area contributed by atoms with Crippen LogP contribution in [0.25, 0.3) is 0 Å². The molecule has 3 rings (SSSR count). The van der Waals surface area contributed by atoms with Gasteiger partial charge in [-0.1, -0.05) is 6.07 Å². The lowest BCUT2D eigenvalue weighted by Gasteiger charge is -2.26. The summed E-state index contributed by atoms with van der Waals surface area (Å²) >= 11 is 0. The Labute approximate surface area is 157 Å². The zero-order valence-electron chi connectivity index (χ0n) is 15.3. The van der Waals surface area contributed by atoms with Gasteiger partial charge >= 0.3 is 6.03 Å². The van der Waals surface area contributed by atoms with Crippen molar-refractivity contribution in [1.82, 2.24) is 15.2 Å². The van der Waals surface area contributed by atoms with Crippen molar-refractivity contribution < 1.29 is 19.1 Å². The number of ether oxygens (including phenoxy) is 2. The second-order valence-electron chi connectivity index (χ2n) is 6.19. The summed E-state index contributed by atoms with van der Waals surface area (Å²) < 4.78 is 10.8. The average molecular weight is 370 g/mol. The van der Waals surface area contributed by atoms with Crippen LogP contribution in [-0.2, 0) is 4.79 Å². The molecule has 1 aliphatic rings. The van der Waals surface area contributed by atoms with Crippen molar-refractivity contribution in [2.24, 2.45) is 0 Å². The largest absolute Gasteiger partial charge is 0.497 e. The Hall–Kier alpha value is -3.29. The molecule has 0 spiro atoms. The molecule has 2 N–H and O–H groups in total. The van der Waals surface area contributed by atoms with E-state index in [1.54, 1.807) is 36.3 Å². The third-order valence-electron chi connectivity index (χ3n) is 4.22. The first-order valence-electron chi connectivity index (χ1n) is 8.67. The lowest BCUT2D eigenvalue weighted by atomic mass is 10.3. The van der Waals surface area contributed by atoms with Crippen molar-refractivity contribution in [2.45, 2.75) is 19.4 Å². The molecule has 0 aliphatic carbocycles. The summed E-state index contributed by atoms with van der Waals surface area (Å²) in [7, 11) is 1.59. The number of aromatic nitrogens is 1. The number of rotatable bonds is 4. The van der Waals surface area contributed by atoms with Gasteiger partial charge in [-0.3, -0.25) is 4.79 Å². The summed E-state index contributed by atoms with van der Waals surface area (Å²) in [6, 6.07) is 10.3. The van der Waals surface area contributed by atoms with E-state index >= 15 is 0 Å². The maximum absolute atomic E-state index is 12.5. The monoisotopic (exact) mass is 370 g/mol. The van der Waals surface area contributed by atoms with Crippen LogP contribution < -0.4 is 20.1 Å². The number of pyridine rings is 1. The van der Waals surface area contributed by atoms with Crippen molar-refractivity contribution in [3.05, 3.63) is 42.6 Å². The fourth-order valence-electron chi connectivity index (χ4n) is 2.70. The van der Waals surface area contributed by atoms with Crippen molar-refractivity contribution in [3.63, 3.8) is 0 Å². The Morgan fingerprint density at radius 2 is 2.11 bits per heavy atom. The molecule has 0 bridgehead atoms. The molecule has 2 aromatic rings. The first kappa shape index (κ1) is 18.5. The number of hydrogen-bond acceptors (Lipinski definition) is 5. The van der Waals surface area contributed by atoms with Crippen molar-refractivity contribution in [2.75, 3.05) is 25.5 Å². The number of anilines is 1. The van der Waals surface area contributed by atoms with Gasteiger partial charge in [0, 0.05) is 37.7 Å². The van der Waals surface area contributed by atoms with E-state index in [2.05, 4.69) is 15.6 Å². The van der Waals surface area contributed by atoms with Crippen LogP contribution in [0.3, 0.4) is 0 Å². The molecule has 1 fully saturated rings. The number of hydrogen-bond donors (Lipinski definition) is 2. The van der Waals surface area contributed by atoms with Gasteiger partial charge in [0.1, 0.15) is 11.5 Å². The van der Waals surface area contributed by atoms with E-state index < -0.39 is 0 Å². The maximum atomic E-state index is 12.5. The zero-order chi connectivity index (χ0) is 19.2. The van der Waals surface area contributed by atoms with E-state index in [0.717, 1.165) is 0 Å². The second-order valence-corrected chi connectivity index (χ2v) is 6.19. The summed E-state index contributed by atoms with van der Waals surface area (Å²) in [5, 5.41) is 5.59. The minimum absolute atomic E-state index is 0.0436. The zero-order valence-corrected chi connectivity index (χ0v) is 15.3. The topological polar surface area (TPSA) is 92.8 Å². The van der Waals surface area contributed by atoms with Crippen LogP contribution in [-0.4, -0.2) is 48.1 Å². The quantitative estimate of drug-likeness (QED) is 0.863. The van der Waals surface area contributed by atoms with Crippen LogP contribution in [0.4, 0.5) is 10.5 Å². The van der Waals surface area contributed by atoms with Gasteiger partial charge in [-0.05, 0) is 25.1 Å². The SMILES string of the molecule is COc1cccc(Oc2ccc(NC(=O)N3CCC(=O)NC[C@@H]3C)cn2)c1. The van der Waals surface area contributed by atoms with E-state index in [4.69, 9.17) is 9.47 Å². The number of benzene rings is 1. The van der Waals surface area contributed by atoms with Crippen LogP contribution in [0.5, 0.6) is 17.4 Å². The lowest BCUT2D eigenvalue weighted by Crippen LogP contribution is -2.44. The van der Waals surface area contributed by atoms with Gasteiger partial charge in [0.25, 0.3) is 0 Å². The summed E-state index contributed by atoms with van der Waals surface area (Å²) in [5.74, 6) is 1.65. The van der Waals surface area contributed by atoms with Crippen molar-refractivity contribution >= 4 is 17.6 Å². The Balaban J connectivity index is 1.61. The molecule has 3 amide bonds. The summed E-state index contributed by atoms with van der Waals surface area (Å²) in [4.78, 5) is 29.8. The molecule has 1 aliphatic heterocycles. The molecule has 27 heavy (non-hydrogen) atoms. The van der Waals surface area contributed by atoms with Gasteiger partial charge in [0.05, 0.1) is 19.0 Å². The van der Waals surface area contributed by atoms with Crippen LogP contribution >= 0.6 is 0 Å². The van der Waals surface area contributed by atoms with Gasteiger partial charge in [0.2, 0.25) is 11.8 Å². The Kier molecular flexibility index (Phi) is 5.75. The van der Waals surface area contributed by atoms with Crippen molar-refractivity contribution in [3.8, 4) is 17.4 Å². The molecule has 1 saturated heterocycles. The molecular weight excluding hydrogens is 348 g/mol. The van der Waals surface area contributed by atoms with Crippen LogP contribution in [0, 0.1) is 0 Å². The number of carbonyl (C=O) groups excluding carboxylic acids is 2. The summed E-state index contributed by atoms with van der Waals surface area (Å²) in [6.07, 6.45) is 1.82. The molecule has 0 saturated carbocycles. The fraction of sp³-hybridized carbons (Fsp3) is 0.316. The van der Waals surface area contributed by atoms with Gasteiger partial charge in [-0.2, -0.15) is 0 Å². The molecule has 1 aromatic carbocycles. The molecule has 0 unspecified atom stereocenters. The van der Waals surface area contributed by atoms with E-state index in [-0.39, 0.29) is 18.0 Å². The van der Waals surface area contributed by atoms with Gasteiger partial charge in [-0.25, -0.2) is 9.78 Å². The van der Waals surface area contributed by atoms with Crippen LogP contribution in [0.2, 0.25) is 0 Å². The molecular formula is C19H22N4O4. The van der Waals surface area contributed by atoms with E-state index in [1.165, 1.54) is 6.20 Å². The molecule has 1 aromatic heterocycles. The molecule has 2 heterocycles. The van der Waals surface area contributed by atoms with Crippen molar-refractivity contribution in [1.29, 1.82) is 0 Å². The molecule has 1 atom stereocenters. The summed E-state index contributed by atoms with van der Waals surface area (Å²) in [6.45, 7) is 2.72. The standard InChI is InChI=1S/C19H22N4O4/c1-13-11-20-17(24)8-9-23(13)19(25)22-14-6-7-18(21-12-14)27-16-5-3-4-15(10-16)26-2/h3-7,10,12-13H,8-9,11H2,1-2H3,(H,20,24)(H,22,25)/t13-/m0/s1. The Morgan fingerprint density at radius 3 is 2.85 bits per heavy atom. The first-order chi connectivity index (χ1) is 13.0. The van der Waals surface area contributed by atoms with Gasteiger partial charge in [-0.15, -0.1) is 0 Å². The Morgan fingerprint density at radius 1 is 1.30 bits per heavy atom. The molecule has 8 nitrogen and oxygen atoms in total. The number of nitrogens with one attached hydrogen (secondary N) is 2. The maximum Gasteiger partial charge on any atom is 0.322 e. The predicted octanol–water partition coefficient (Wildman–Crippen LogP) is 2.62. The number of carbonyl (C=O) groups is 2. The van der Waals surface area contributed by atoms with Crippen LogP contribution in [0.1, 0.15) is 13.3 Å². The molecule has 8 heteroatoms. The number of amides is 3. The first-order valence-corrected chi connectivity index (χ1v) is 8.67. The molecule has 142 valence electrons. The third kappa shape index (κ3) is 4.87. The summed E-state index contributed by atoms with van der Waals surface area (Å²) in [5.41, 5.74) is 0.550. The highest BCUT2D eigenvalue weighted by Gasteiger charge is 2.24. The minimum atomic E-state index is -0.262. The smallest absolute Gasteiger partial charge is 0.322 e. The predicted molar refractivity (Wildman–Crippen MR) is 100 cm³/mol. The average Bonchev–Trinajstić information content (AvgIpc) is 2.84.